The van der Waals surface area contributed by atoms with Crippen LogP contribution < -0.4 is 0 Å². The summed E-state index contributed by atoms with van der Waals surface area (Å²) in [6.07, 6.45) is 1.35. The Hall–Kier alpha value is -3.23. The summed E-state index contributed by atoms with van der Waals surface area (Å²) < 4.78 is 1.18. The van der Waals surface area contributed by atoms with Crippen LogP contribution in [0.15, 0.2) is 36.5 Å². The predicted molar refractivity (Wildman–Crippen MR) is 81.1 cm³/mol. The predicted octanol–water partition coefficient (Wildman–Crippen LogP) is 1.00. The molecule has 24 heavy (non-hydrogen) atoms. The summed E-state index contributed by atoms with van der Waals surface area (Å²) in [6, 6.07) is 8.33. The summed E-state index contributed by atoms with van der Waals surface area (Å²) in [7, 11) is 0. The number of aliphatic carboxylic acids is 1. The molecule has 2 aromatic rings. The third-order valence-electron chi connectivity index (χ3n) is 3.96. The number of carbonyl (C=O) groups is 2. The third kappa shape index (κ3) is 2.96. The van der Waals surface area contributed by atoms with E-state index in [-0.39, 0.29) is 24.8 Å². The van der Waals surface area contributed by atoms with Crippen LogP contribution in [0.4, 0.5) is 5.82 Å². The molecule has 1 N–H and O–H groups in total. The van der Waals surface area contributed by atoms with Gasteiger partial charge in [0.25, 0.3) is 0 Å². The van der Waals surface area contributed by atoms with E-state index in [9.17, 15) is 24.8 Å². The van der Waals surface area contributed by atoms with E-state index >= 15 is 0 Å². The molecule has 1 aromatic heterocycles. The number of nitrogens with zero attached hydrogens (tertiary/aromatic N) is 4. The molecule has 1 unspecified atom stereocenters. The minimum atomic E-state index is -0.991. The maximum absolute atomic E-state index is 12.4. The summed E-state index contributed by atoms with van der Waals surface area (Å²) in [6.45, 7) is 0.193. The van der Waals surface area contributed by atoms with Gasteiger partial charge in [-0.15, -0.1) is 0 Å². The Bertz CT molecular complexity index is 816. The van der Waals surface area contributed by atoms with E-state index in [1.54, 1.807) is 24.3 Å². The molecule has 2 heterocycles. The smallest absolute Gasteiger partial charge is 0.389 e. The Morgan fingerprint density at radius 2 is 2.08 bits per heavy atom. The third-order valence-corrected chi connectivity index (χ3v) is 3.96. The summed E-state index contributed by atoms with van der Waals surface area (Å²) in [4.78, 5) is 35.3. The van der Waals surface area contributed by atoms with Gasteiger partial charge in [-0.3, -0.25) is 9.59 Å². The van der Waals surface area contributed by atoms with Crippen LogP contribution in [0.2, 0.25) is 0 Å². The van der Waals surface area contributed by atoms with Gasteiger partial charge in [-0.05, 0) is 16.1 Å². The molecule has 0 spiro atoms. The minimum absolute atomic E-state index is 0.0640. The number of hydrogen-bond donors (Lipinski definition) is 1. The van der Waals surface area contributed by atoms with Gasteiger partial charge in [0.1, 0.15) is 6.54 Å². The maximum atomic E-state index is 12.4. The molecule has 3 rings (SSSR count). The fourth-order valence-corrected chi connectivity index (χ4v) is 2.78. The summed E-state index contributed by atoms with van der Waals surface area (Å²) in [5.74, 6) is -2.45. The first-order chi connectivity index (χ1) is 11.5. The van der Waals surface area contributed by atoms with Crippen LogP contribution in [0.25, 0.3) is 0 Å². The molecule has 1 aliphatic rings. The number of rotatable bonds is 4. The van der Waals surface area contributed by atoms with Crippen LogP contribution >= 0.6 is 0 Å². The van der Waals surface area contributed by atoms with Crippen molar-refractivity contribution in [1.82, 2.24) is 14.7 Å². The second-order valence-corrected chi connectivity index (χ2v) is 5.49. The van der Waals surface area contributed by atoms with Crippen LogP contribution in [-0.2, 0) is 22.7 Å². The molecule has 0 saturated heterocycles. The van der Waals surface area contributed by atoms with Crippen LogP contribution in [0.3, 0.4) is 0 Å². The van der Waals surface area contributed by atoms with Crippen molar-refractivity contribution in [1.29, 1.82) is 0 Å². The second kappa shape index (κ2) is 6.11. The molecule has 0 fully saturated rings. The van der Waals surface area contributed by atoms with Crippen molar-refractivity contribution in [3.63, 3.8) is 0 Å². The number of carbonyl (C=O) groups excluding carboxylic acids is 1. The van der Waals surface area contributed by atoms with Gasteiger partial charge in [-0.25, -0.2) is 0 Å². The molecule has 9 heteroatoms. The highest BCUT2D eigenvalue weighted by atomic mass is 16.6. The Kier molecular flexibility index (Phi) is 3.98. The van der Waals surface area contributed by atoms with Gasteiger partial charge < -0.3 is 20.1 Å². The second-order valence-electron chi connectivity index (χ2n) is 5.49. The van der Waals surface area contributed by atoms with Gasteiger partial charge >= 0.3 is 11.8 Å². The lowest BCUT2D eigenvalue weighted by molar-refractivity contribution is -0.389. The molecular formula is C15H14N4O5. The maximum Gasteiger partial charge on any atom is 0.389 e. The van der Waals surface area contributed by atoms with Crippen LogP contribution in [0, 0.1) is 10.1 Å². The number of benzene rings is 1. The molecule has 1 amide bonds. The van der Waals surface area contributed by atoms with E-state index in [1.807, 2.05) is 0 Å². The average Bonchev–Trinajstić information content (AvgIpc) is 3.02. The molecule has 1 aliphatic heterocycles. The van der Waals surface area contributed by atoms with Crippen molar-refractivity contribution in [2.75, 3.05) is 6.54 Å². The number of fused-ring (bicyclic) bond motifs is 1. The lowest BCUT2D eigenvalue weighted by Gasteiger charge is -2.32. The first kappa shape index (κ1) is 15.7. The number of hydrogen-bond acceptors (Lipinski definition) is 5. The monoisotopic (exact) mass is 330 g/mol. The average molecular weight is 330 g/mol. The Morgan fingerprint density at radius 3 is 2.75 bits per heavy atom. The van der Waals surface area contributed by atoms with Crippen molar-refractivity contribution in [2.45, 2.75) is 19.0 Å². The zero-order valence-corrected chi connectivity index (χ0v) is 12.5. The molecule has 0 saturated carbocycles. The van der Waals surface area contributed by atoms with E-state index in [2.05, 4.69) is 5.10 Å². The topological polar surface area (TPSA) is 119 Å². The quantitative estimate of drug-likeness (QED) is 0.660. The first-order valence-corrected chi connectivity index (χ1v) is 7.22. The highest BCUT2D eigenvalue weighted by molar-refractivity contribution is 5.81. The van der Waals surface area contributed by atoms with Crippen molar-refractivity contribution in [3.05, 3.63) is 57.8 Å². The highest BCUT2D eigenvalue weighted by Crippen LogP contribution is 2.28. The lowest BCUT2D eigenvalue weighted by Crippen LogP contribution is -2.42. The summed E-state index contributed by atoms with van der Waals surface area (Å²) >= 11 is 0. The standard InChI is InChI=1S/C15H14N4O5/c20-14(9-18-6-5-13(16-18)19(23)24)17-7-10-3-1-2-4-11(10)12(8-17)15(21)22/h1-6,12H,7-9H2,(H,21,22). The molecule has 0 bridgehead atoms. The van der Waals surface area contributed by atoms with Crippen molar-refractivity contribution in [2.24, 2.45) is 0 Å². The van der Waals surface area contributed by atoms with Gasteiger partial charge in [0, 0.05) is 13.1 Å². The molecule has 1 atom stereocenters. The largest absolute Gasteiger partial charge is 0.481 e. The van der Waals surface area contributed by atoms with Gasteiger partial charge in [-0.2, -0.15) is 4.68 Å². The lowest BCUT2D eigenvalue weighted by atomic mass is 9.90. The molecule has 1 aromatic carbocycles. The number of carboxylic acid groups (broad SMARTS) is 1. The Labute approximate surface area is 136 Å². The molecule has 0 radical (unpaired) electrons. The van der Waals surface area contributed by atoms with E-state index in [0.29, 0.717) is 12.1 Å². The van der Waals surface area contributed by atoms with E-state index < -0.39 is 16.8 Å². The zero-order chi connectivity index (χ0) is 17.3. The van der Waals surface area contributed by atoms with Crippen LogP contribution in [0.5, 0.6) is 0 Å². The number of nitro groups is 1. The van der Waals surface area contributed by atoms with Crippen molar-refractivity contribution < 1.29 is 19.6 Å². The fraction of sp³-hybridized carbons (Fsp3) is 0.267. The molecule has 0 aliphatic carbocycles. The van der Waals surface area contributed by atoms with E-state index in [0.717, 1.165) is 5.56 Å². The Morgan fingerprint density at radius 1 is 1.33 bits per heavy atom. The van der Waals surface area contributed by atoms with Gasteiger partial charge in [-0.1, -0.05) is 24.3 Å². The van der Waals surface area contributed by atoms with Crippen LogP contribution in [0.1, 0.15) is 17.0 Å². The van der Waals surface area contributed by atoms with Gasteiger partial charge in [0.2, 0.25) is 5.91 Å². The summed E-state index contributed by atoms with van der Waals surface area (Å²) in [5.41, 5.74) is 1.50. The van der Waals surface area contributed by atoms with E-state index in [1.165, 1.54) is 21.8 Å². The molecular weight excluding hydrogens is 316 g/mol. The molecule has 124 valence electrons. The van der Waals surface area contributed by atoms with Crippen molar-refractivity contribution >= 4 is 17.7 Å². The number of amides is 1. The van der Waals surface area contributed by atoms with Crippen molar-refractivity contribution in [3.8, 4) is 0 Å². The number of aromatic nitrogens is 2. The normalized spacial score (nSPS) is 16.5. The minimum Gasteiger partial charge on any atom is -0.481 e. The van der Waals surface area contributed by atoms with E-state index in [4.69, 9.17) is 0 Å². The highest BCUT2D eigenvalue weighted by Gasteiger charge is 2.32. The molecule has 9 nitrogen and oxygen atoms in total. The SMILES string of the molecule is O=C(O)C1CN(C(=O)Cn2ccc([N+](=O)[O-])n2)Cc2ccccc21. The zero-order valence-electron chi connectivity index (χ0n) is 12.5. The Balaban J connectivity index is 1.78. The first-order valence-electron chi connectivity index (χ1n) is 7.22. The number of carboxylic acids is 1. The van der Waals surface area contributed by atoms with Gasteiger partial charge in [0.05, 0.1) is 23.3 Å². The summed E-state index contributed by atoms with van der Waals surface area (Å²) in [5, 5.41) is 23.7. The van der Waals surface area contributed by atoms with Gasteiger partial charge in [0.15, 0.2) is 0 Å². The fourth-order valence-electron chi connectivity index (χ4n) is 2.78. The van der Waals surface area contributed by atoms with Crippen LogP contribution in [-0.4, -0.2) is 43.1 Å².